The number of rotatable bonds is 2. The third kappa shape index (κ3) is 1.66. The van der Waals surface area contributed by atoms with Crippen molar-refractivity contribution in [1.29, 1.82) is 0 Å². The van der Waals surface area contributed by atoms with Crippen LogP contribution in [0, 0.1) is 0 Å². The van der Waals surface area contributed by atoms with Gasteiger partial charge in [0.1, 0.15) is 4.34 Å². The second-order valence-electron chi connectivity index (χ2n) is 3.46. The number of aromatic nitrogens is 1. The number of hydrogen-bond donors (Lipinski definition) is 0. The highest BCUT2D eigenvalue weighted by atomic mass is 35.5. The Hall–Kier alpha value is -0.320. The van der Waals surface area contributed by atoms with Crippen molar-refractivity contribution in [1.82, 2.24) is 4.98 Å². The molecule has 0 amide bonds. The van der Waals surface area contributed by atoms with Crippen molar-refractivity contribution in [2.75, 3.05) is 25.1 Å². The van der Waals surface area contributed by atoms with Gasteiger partial charge in [-0.1, -0.05) is 22.9 Å². The zero-order chi connectivity index (χ0) is 9.47. The molecule has 0 N–H and O–H groups in total. The summed E-state index contributed by atoms with van der Waals surface area (Å²) < 4.78 is 6.07. The third-order valence-corrected chi connectivity index (χ3v) is 3.45. The van der Waals surface area contributed by atoms with E-state index >= 15 is 0 Å². The van der Waals surface area contributed by atoms with Crippen LogP contribution in [0.3, 0.4) is 0 Å². The third-order valence-electron chi connectivity index (χ3n) is 2.28. The highest BCUT2D eigenvalue weighted by Gasteiger charge is 2.40. The van der Waals surface area contributed by atoms with E-state index in [0.29, 0.717) is 0 Å². The number of methoxy groups -OCH3 is 1. The van der Waals surface area contributed by atoms with Crippen LogP contribution in [-0.4, -0.2) is 30.8 Å². The number of hydrogen-bond acceptors (Lipinski definition) is 4. The summed E-state index contributed by atoms with van der Waals surface area (Å²) in [5.41, 5.74) is -0.00184. The molecule has 13 heavy (non-hydrogen) atoms. The first-order valence-electron chi connectivity index (χ1n) is 4.04. The standard InChI is InChI=1S/C8H11ClN2OS/c1-8(12-2)4-11(5-8)7-10-3-6(9)13-7/h3H,4-5H2,1-2H3. The molecule has 2 rings (SSSR count). The molecule has 0 radical (unpaired) electrons. The van der Waals surface area contributed by atoms with Gasteiger partial charge in [0.15, 0.2) is 5.13 Å². The maximum atomic E-state index is 5.79. The minimum absolute atomic E-state index is 0.00184. The molecule has 1 aliphatic rings. The van der Waals surface area contributed by atoms with Crippen LogP contribution in [-0.2, 0) is 4.74 Å². The van der Waals surface area contributed by atoms with Gasteiger partial charge >= 0.3 is 0 Å². The Morgan fingerprint density at radius 2 is 2.38 bits per heavy atom. The highest BCUT2D eigenvalue weighted by Crippen LogP contribution is 2.33. The fourth-order valence-electron chi connectivity index (χ4n) is 1.42. The Bertz CT molecular complexity index is 309. The van der Waals surface area contributed by atoms with Crippen LogP contribution in [0.4, 0.5) is 5.13 Å². The molecule has 0 bridgehead atoms. The summed E-state index contributed by atoms with van der Waals surface area (Å²) in [4.78, 5) is 6.36. The minimum atomic E-state index is -0.00184. The predicted molar refractivity (Wildman–Crippen MR) is 54.8 cm³/mol. The lowest BCUT2D eigenvalue weighted by Crippen LogP contribution is -2.61. The molecule has 5 heteroatoms. The molecule has 0 atom stereocenters. The van der Waals surface area contributed by atoms with E-state index in [1.54, 1.807) is 13.3 Å². The van der Waals surface area contributed by atoms with Crippen molar-refractivity contribution >= 4 is 28.1 Å². The second kappa shape index (κ2) is 3.12. The van der Waals surface area contributed by atoms with Crippen LogP contribution < -0.4 is 4.90 Å². The second-order valence-corrected chi connectivity index (χ2v) is 5.10. The Morgan fingerprint density at radius 1 is 1.69 bits per heavy atom. The summed E-state index contributed by atoms with van der Waals surface area (Å²) in [7, 11) is 1.74. The van der Waals surface area contributed by atoms with Gasteiger partial charge in [0.25, 0.3) is 0 Å². The van der Waals surface area contributed by atoms with Gasteiger partial charge in [-0.2, -0.15) is 0 Å². The molecule has 1 aliphatic heterocycles. The lowest BCUT2D eigenvalue weighted by molar-refractivity contribution is -0.0167. The Labute approximate surface area is 86.3 Å². The molecule has 2 heterocycles. The monoisotopic (exact) mass is 218 g/mol. The molecule has 1 fully saturated rings. The first-order chi connectivity index (χ1) is 6.13. The van der Waals surface area contributed by atoms with E-state index in [0.717, 1.165) is 22.6 Å². The van der Waals surface area contributed by atoms with E-state index in [9.17, 15) is 0 Å². The van der Waals surface area contributed by atoms with Crippen LogP contribution in [0.25, 0.3) is 0 Å². The quantitative estimate of drug-likeness (QED) is 0.760. The maximum Gasteiger partial charge on any atom is 0.186 e. The summed E-state index contributed by atoms with van der Waals surface area (Å²) in [6, 6.07) is 0. The van der Waals surface area contributed by atoms with E-state index in [-0.39, 0.29) is 5.60 Å². The van der Waals surface area contributed by atoms with Crippen molar-refractivity contribution in [2.24, 2.45) is 0 Å². The van der Waals surface area contributed by atoms with Crippen molar-refractivity contribution in [2.45, 2.75) is 12.5 Å². The van der Waals surface area contributed by atoms with E-state index in [2.05, 4.69) is 16.8 Å². The van der Waals surface area contributed by atoms with Crippen molar-refractivity contribution in [3.05, 3.63) is 10.5 Å². The van der Waals surface area contributed by atoms with Crippen LogP contribution in [0.5, 0.6) is 0 Å². The number of halogens is 1. The average Bonchev–Trinajstić information content (AvgIpc) is 2.46. The smallest absolute Gasteiger partial charge is 0.186 e. The van der Waals surface area contributed by atoms with Gasteiger partial charge in [-0.25, -0.2) is 4.98 Å². The summed E-state index contributed by atoms with van der Waals surface area (Å²) in [6.07, 6.45) is 1.68. The molecular weight excluding hydrogens is 208 g/mol. The van der Waals surface area contributed by atoms with Crippen LogP contribution in [0.15, 0.2) is 6.20 Å². The number of nitrogens with zero attached hydrogens (tertiary/aromatic N) is 2. The average molecular weight is 219 g/mol. The molecule has 1 aromatic heterocycles. The van der Waals surface area contributed by atoms with Gasteiger partial charge in [-0.3, -0.25) is 0 Å². The van der Waals surface area contributed by atoms with Gasteiger partial charge in [-0.15, -0.1) is 0 Å². The van der Waals surface area contributed by atoms with Crippen molar-refractivity contribution in [3.63, 3.8) is 0 Å². The Morgan fingerprint density at radius 3 is 2.85 bits per heavy atom. The molecular formula is C8H11ClN2OS. The zero-order valence-electron chi connectivity index (χ0n) is 7.58. The fourth-order valence-corrected chi connectivity index (χ4v) is 2.32. The number of anilines is 1. The molecule has 72 valence electrons. The fraction of sp³-hybridized carbons (Fsp3) is 0.625. The minimum Gasteiger partial charge on any atom is -0.375 e. The summed E-state index contributed by atoms with van der Waals surface area (Å²) in [5.74, 6) is 0. The normalized spacial score (nSPS) is 20.1. The summed E-state index contributed by atoms with van der Waals surface area (Å²) >= 11 is 7.30. The SMILES string of the molecule is COC1(C)CN(c2ncc(Cl)s2)C1. The van der Waals surface area contributed by atoms with Crippen molar-refractivity contribution < 1.29 is 4.74 Å². The van der Waals surface area contributed by atoms with E-state index in [1.807, 2.05) is 0 Å². The molecule has 0 aliphatic carbocycles. The summed E-state index contributed by atoms with van der Waals surface area (Å²) in [5, 5.41) is 0.986. The molecule has 0 saturated carbocycles. The highest BCUT2D eigenvalue weighted by molar-refractivity contribution is 7.19. The lowest BCUT2D eigenvalue weighted by atomic mass is 9.97. The first kappa shape index (κ1) is 9.24. The molecule has 3 nitrogen and oxygen atoms in total. The van der Waals surface area contributed by atoms with Crippen LogP contribution >= 0.6 is 22.9 Å². The van der Waals surface area contributed by atoms with Gasteiger partial charge in [0.05, 0.1) is 24.9 Å². The largest absolute Gasteiger partial charge is 0.375 e. The van der Waals surface area contributed by atoms with E-state index in [1.165, 1.54) is 11.3 Å². The lowest BCUT2D eigenvalue weighted by Gasteiger charge is -2.46. The topological polar surface area (TPSA) is 25.4 Å². The van der Waals surface area contributed by atoms with Crippen molar-refractivity contribution in [3.8, 4) is 0 Å². The molecule has 0 spiro atoms. The predicted octanol–water partition coefficient (Wildman–Crippen LogP) is 2.02. The molecule has 0 aromatic carbocycles. The van der Waals surface area contributed by atoms with E-state index < -0.39 is 0 Å². The van der Waals surface area contributed by atoms with E-state index in [4.69, 9.17) is 16.3 Å². The first-order valence-corrected chi connectivity index (χ1v) is 5.24. The molecule has 1 aromatic rings. The van der Waals surface area contributed by atoms with Crippen LogP contribution in [0.1, 0.15) is 6.92 Å². The Kier molecular flexibility index (Phi) is 2.21. The summed E-state index contributed by atoms with van der Waals surface area (Å²) in [6.45, 7) is 3.89. The zero-order valence-corrected chi connectivity index (χ0v) is 9.15. The van der Waals surface area contributed by atoms with Gasteiger partial charge in [-0.05, 0) is 6.92 Å². The Balaban J connectivity index is 2.01. The molecule has 0 unspecified atom stereocenters. The van der Waals surface area contributed by atoms with Gasteiger partial charge < -0.3 is 9.64 Å². The van der Waals surface area contributed by atoms with Crippen LogP contribution in [0.2, 0.25) is 4.34 Å². The molecule has 1 saturated heterocycles. The number of thiazole rings is 1. The maximum absolute atomic E-state index is 5.79. The van der Waals surface area contributed by atoms with Gasteiger partial charge in [0, 0.05) is 7.11 Å². The van der Waals surface area contributed by atoms with Gasteiger partial charge in [0.2, 0.25) is 0 Å². The number of ether oxygens (including phenoxy) is 1.